The van der Waals surface area contributed by atoms with Gasteiger partial charge in [0.15, 0.2) is 40.7 Å². The van der Waals surface area contributed by atoms with Crippen LogP contribution in [0.25, 0.3) is 0 Å². The van der Waals surface area contributed by atoms with Gasteiger partial charge in [-0.3, -0.25) is 9.59 Å². The molecule has 2 aromatic rings. The van der Waals surface area contributed by atoms with Crippen molar-refractivity contribution in [2.75, 3.05) is 5.73 Å². The van der Waals surface area contributed by atoms with E-state index in [0.717, 1.165) is 0 Å². The molecule has 0 spiro atoms. The zero-order valence-corrected chi connectivity index (χ0v) is 10.7. The second kappa shape index (κ2) is 4.58. The van der Waals surface area contributed by atoms with E-state index in [-0.39, 0.29) is 0 Å². The summed E-state index contributed by atoms with van der Waals surface area (Å²) < 4.78 is 81.4. The van der Waals surface area contributed by atoms with Crippen LogP contribution in [0.4, 0.5) is 32.0 Å². The Morgan fingerprint density at radius 3 is 1.57 bits per heavy atom. The lowest BCUT2D eigenvalue weighted by Gasteiger charge is -2.20. The fourth-order valence-corrected chi connectivity index (χ4v) is 2.36. The molecule has 0 amide bonds. The van der Waals surface area contributed by atoms with Crippen LogP contribution in [0.1, 0.15) is 31.8 Å². The molecule has 0 aliphatic heterocycles. The van der Waals surface area contributed by atoms with Crippen molar-refractivity contribution in [1.82, 2.24) is 0 Å². The van der Waals surface area contributed by atoms with E-state index in [1.807, 2.05) is 0 Å². The van der Waals surface area contributed by atoms with Crippen LogP contribution in [0.15, 0.2) is 6.07 Å². The first-order valence-corrected chi connectivity index (χ1v) is 5.91. The van der Waals surface area contributed by atoms with Crippen LogP contribution in [-0.4, -0.2) is 11.6 Å². The molecule has 1 aliphatic carbocycles. The second-order valence-corrected chi connectivity index (χ2v) is 4.68. The van der Waals surface area contributed by atoms with Crippen LogP contribution in [-0.2, 0) is 0 Å². The lowest BCUT2D eigenvalue weighted by molar-refractivity contribution is 0.0965. The number of rotatable bonds is 0. The highest BCUT2D eigenvalue weighted by atomic mass is 19.2. The minimum Gasteiger partial charge on any atom is -0.396 e. The lowest BCUT2D eigenvalue weighted by Crippen LogP contribution is -2.27. The van der Waals surface area contributed by atoms with Crippen LogP contribution < -0.4 is 5.73 Å². The van der Waals surface area contributed by atoms with Crippen molar-refractivity contribution in [2.45, 2.75) is 0 Å². The Morgan fingerprint density at radius 1 is 0.609 bits per heavy atom. The number of halogens is 6. The standard InChI is InChI=1S/C14H3F6NO2/c15-7-3(21)1-2-4(8(7)16)14(23)6-5(13(2)22)9(17)11(19)12(20)10(6)18/h1H,21H2. The first-order chi connectivity index (χ1) is 10.7. The Kier molecular flexibility index (Phi) is 3.00. The first kappa shape index (κ1) is 15.1. The van der Waals surface area contributed by atoms with Crippen LogP contribution in [0.2, 0.25) is 0 Å². The Morgan fingerprint density at radius 2 is 1.04 bits per heavy atom. The molecule has 0 bridgehead atoms. The molecule has 1 aliphatic rings. The molecule has 0 fully saturated rings. The third-order valence-electron chi connectivity index (χ3n) is 3.43. The molecule has 0 atom stereocenters. The smallest absolute Gasteiger partial charge is 0.200 e. The number of anilines is 1. The van der Waals surface area contributed by atoms with E-state index in [1.54, 1.807) is 0 Å². The minimum atomic E-state index is -2.35. The highest BCUT2D eigenvalue weighted by Crippen LogP contribution is 2.36. The predicted molar refractivity (Wildman–Crippen MR) is 63.9 cm³/mol. The molecule has 0 heterocycles. The largest absolute Gasteiger partial charge is 0.396 e. The average molecular weight is 331 g/mol. The minimum absolute atomic E-state index is 0.537. The Labute approximate surface area is 123 Å². The molecule has 0 saturated heterocycles. The van der Waals surface area contributed by atoms with Gasteiger partial charge in [0, 0.05) is 5.56 Å². The maximum absolute atomic E-state index is 13.9. The van der Waals surface area contributed by atoms with Gasteiger partial charge in [-0.2, -0.15) is 0 Å². The quantitative estimate of drug-likeness (QED) is 0.298. The average Bonchev–Trinajstić information content (AvgIpc) is 2.51. The molecular weight excluding hydrogens is 328 g/mol. The van der Waals surface area contributed by atoms with Crippen LogP contribution in [0.3, 0.4) is 0 Å². The van der Waals surface area contributed by atoms with E-state index in [4.69, 9.17) is 5.73 Å². The number of nitrogens with two attached hydrogens (primary N) is 1. The Hall–Kier alpha value is -2.84. The molecule has 3 rings (SSSR count). The summed E-state index contributed by atoms with van der Waals surface area (Å²) in [6.07, 6.45) is 0. The monoisotopic (exact) mass is 331 g/mol. The van der Waals surface area contributed by atoms with Gasteiger partial charge < -0.3 is 5.73 Å². The molecule has 0 aromatic heterocycles. The van der Waals surface area contributed by atoms with E-state index >= 15 is 0 Å². The van der Waals surface area contributed by atoms with E-state index in [0.29, 0.717) is 6.07 Å². The molecule has 0 unspecified atom stereocenters. The molecule has 2 aromatic carbocycles. The number of hydrogen-bond acceptors (Lipinski definition) is 3. The zero-order chi connectivity index (χ0) is 17.2. The van der Waals surface area contributed by atoms with Crippen molar-refractivity contribution in [3.05, 3.63) is 63.2 Å². The maximum atomic E-state index is 13.9. The molecule has 9 heteroatoms. The first-order valence-electron chi connectivity index (χ1n) is 5.91. The molecule has 23 heavy (non-hydrogen) atoms. The topological polar surface area (TPSA) is 60.2 Å². The van der Waals surface area contributed by atoms with Gasteiger partial charge in [0.1, 0.15) is 0 Å². The fraction of sp³-hybridized carbons (Fsp3) is 0. The third kappa shape index (κ3) is 1.73. The number of fused-ring (bicyclic) bond motifs is 2. The van der Waals surface area contributed by atoms with Crippen molar-refractivity contribution in [2.24, 2.45) is 0 Å². The summed E-state index contributed by atoms with van der Waals surface area (Å²) in [5, 5.41) is 0. The number of carbonyl (C=O) groups is 2. The molecule has 2 N–H and O–H groups in total. The maximum Gasteiger partial charge on any atom is 0.200 e. The molecule has 118 valence electrons. The summed E-state index contributed by atoms with van der Waals surface area (Å²) in [5.74, 6) is -15.7. The van der Waals surface area contributed by atoms with Crippen LogP contribution >= 0.6 is 0 Å². The normalized spacial score (nSPS) is 13.1. The van der Waals surface area contributed by atoms with Crippen molar-refractivity contribution >= 4 is 17.3 Å². The van der Waals surface area contributed by atoms with Gasteiger partial charge in [0.05, 0.1) is 22.4 Å². The highest BCUT2D eigenvalue weighted by molar-refractivity contribution is 6.29. The summed E-state index contributed by atoms with van der Waals surface area (Å²) in [6.45, 7) is 0. The van der Waals surface area contributed by atoms with Gasteiger partial charge in [0.2, 0.25) is 5.78 Å². The van der Waals surface area contributed by atoms with Gasteiger partial charge in [-0.05, 0) is 6.07 Å². The Balaban J connectivity index is 2.48. The van der Waals surface area contributed by atoms with Gasteiger partial charge in [-0.15, -0.1) is 0 Å². The van der Waals surface area contributed by atoms with Crippen molar-refractivity contribution in [3.8, 4) is 0 Å². The summed E-state index contributed by atoms with van der Waals surface area (Å²) >= 11 is 0. The lowest BCUT2D eigenvalue weighted by atomic mass is 9.82. The summed E-state index contributed by atoms with van der Waals surface area (Å²) in [6, 6.07) is 0.537. The number of ketones is 2. The van der Waals surface area contributed by atoms with Gasteiger partial charge in [-0.1, -0.05) is 0 Å². The molecule has 3 nitrogen and oxygen atoms in total. The predicted octanol–water partition coefficient (Wildman–Crippen LogP) is 2.88. The summed E-state index contributed by atoms with van der Waals surface area (Å²) in [5.41, 5.74) is -0.745. The highest BCUT2D eigenvalue weighted by Gasteiger charge is 2.41. The van der Waals surface area contributed by atoms with Gasteiger partial charge >= 0.3 is 0 Å². The van der Waals surface area contributed by atoms with E-state index in [1.165, 1.54) is 0 Å². The van der Waals surface area contributed by atoms with E-state index in [2.05, 4.69) is 0 Å². The number of benzene rings is 2. The van der Waals surface area contributed by atoms with Crippen molar-refractivity contribution in [1.29, 1.82) is 0 Å². The number of carbonyl (C=O) groups excluding carboxylic acids is 2. The second-order valence-electron chi connectivity index (χ2n) is 4.68. The molecule has 0 radical (unpaired) electrons. The number of nitrogen functional groups attached to an aromatic ring is 1. The van der Waals surface area contributed by atoms with Crippen molar-refractivity contribution < 1.29 is 35.9 Å². The van der Waals surface area contributed by atoms with Crippen LogP contribution in [0, 0.1) is 34.9 Å². The van der Waals surface area contributed by atoms with Gasteiger partial charge in [0.25, 0.3) is 0 Å². The van der Waals surface area contributed by atoms with E-state index < -0.39 is 74.4 Å². The van der Waals surface area contributed by atoms with Gasteiger partial charge in [-0.25, -0.2) is 26.3 Å². The Bertz CT molecular complexity index is 938. The van der Waals surface area contributed by atoms with Crippen LogP contribution in [0.5, 0.6) is 0 Å². The van der Waals surface area contributed by atoms with E-state index in [9.17, 15) is 35.9 Å². The fourth-order valence-electron chi connectivity index (χ4n) is 2.36. The number of hydrogen-bond donors (Lipinski definition) is 1. The summed E-state index contributed by atoms with van der Waals surface area (Å²) in [4.78, 5) is 24.2. The summed E-state index contributed by atoms with van der Waals surface area (Å²) in [7, 11) is 0. The zero-order valence-electron chi connectivity index (χ0n) is 10.7. The molecule has 0 saturated carbocycles. The van der Waals surface area contributed by atoms with Crippen molar-refractivity contribution in [3.63, 3.8) is 0 Å². The third-order valence-corrected chi connectivity index (χ3v) is 3.43. The molecular formula is C14H3F6NO2. The SMILES string of the molecule is Nc1cc2c(c(F)c1F)C(=O)c1c(F)c(F)c(F)c(F)c1C2=O.